The topological polar surface area (TPSA) is 53.4 Å². The molecule has 3 aromatic rings. The molecular weight excluding hydrogens is 348 g/mol. The largest absolute Gasteiger partial charge is 0.497 e. The Kier molecular flexibility index (Phi) is 5.42. The summed E-state index contributed by atoms with van der Waals surface area (Å²) in [6, 6.07) is 10.0. The van der Waals surface area contributed by atoms with E-state index < -0.39 is 0 Å². The number of aryl methyl sites for hydroxylation is 1. The molecule has 0 aliphatic rings. The third-order valence-corrected chi connectivity index (χ3v) is 5.35. The first-order valence-corrected chi connectivity index (χ1v) is 9.25. The summed E-state index contributed by atoms with van der Waals surface area (Å²) in [7, 11) is 3.07. The summed E-state index contributed by atoms with van der Waals surface area (Å²) in [5.74, 6) is 0.634. The molecule has 0 atom stereocenters. The molecule has 26 heavy (non-hydrogen) atoms. The van der Waals surface area contributed by atoms with Gasteiger partial charge in [-0.25, -0.2) is 4.98 Å². The number of hydrogen-bond donors (Lipinski definition) is 0. The van der Waals surface area contributed by atoms with Gasteiger partial charge in [0.25, 0.3) is 0 Å². The van der Waals surface area contributed by atoms with Gasteiger partial charge < -0.3 is 14.0 Å². The Morgan fingerprint density at radius 1 is 1.19 bits per heavy atom. The van der Waals surface area contributed by atoms with Gasteiger partial charge in [-0.2, -0.15) is 0 Å². The molecule has 136 valence electrons. The second-order valence-corrected chi connectivity index (χ2v) is 6.89. The highest BCUT2D eigenvalue weighted by Gasteiger charge is 2.15. The van der Waals surface area contributed by atoms with Gasteiger partial charge >= 0.3 is 5.97 Å². The van der Waals surface area contributed by atoms with Crippen LogP contribution in [0.1, 0.15) is 17.8 Å². The molecule has 0 saturated carbocycles. The maximum Gasteiger partial charge on any atom is 0.307 e. The monoisotopic (exact) mass is 370 g/mol. The van der Waals surface area contributed by atoms with Crippen LogP contribution in [0.4, 0.5) is 0 Å². The van der Waals surface area contributed by atoms with Gasteiger partial charge in [0, 0.05) is 34.4 Å². The van der Waals surface area contributed by atoms with Crippen LogP contribution in [0.5, 0.6) is 5.75 Å². The quantitative estimate of drug-likeness (QED) is 0.601. The first kappa shape index (κ1) is 18.2. The van der Waals surface area contributed by atoms with E-state index in [0.29, 0.717) is 13.0 Å². The number of esters is 1. The molecular formula is C20H22N2O3S. The van der Waals surface area contributed by atoms with E-state index in [1.807, 2.05) is 31.2 Å². The number of methoxy groups -OCH3 is 2. The van der Waals surface area contributed by atoms with Crippen LogP contribution in [0.25, 0.3) is 21.8 Å². The zero-order valence-electron chi connectivity index (χ0n) is 15.4. The van der Waals surface area contributed by atoms with Crippen molar-refractivity contribution in [2.45, 2.75) is 26.8 Å². The van der Waals surface area contributed by atoms with Crippen LogP contribution in [-0.4, -0.2) is 29.7 Å². The molecule has 1 aromatic carbocycles. The summed E-state index contributed by atoms with van der Waals surface area (Å²) in [6.07, 6.45) is 0.362. The van der Waals surface area contributed by atoms with Crippen LogP contribution < -0.4 is 4.74 Å². The second kappa shape index (κ2) is 7.74. The van der Waals surface area contributed by atoms with E-state index >= 15 is 0 Å². The van der Waals surface area contributed by atoms with E-state index in [2.05, 4.69) is 22.9 Å². The Morgan fingerprint density at radius 3 is 2.58 bits per heavy atom. The molecule has 0 saturated heterocycles. The number of thiazole rings is 1. The number of aromatic nitrogens is 2. The van der Waals surface area contributed by atoms with E-state index in [-0.39, 0.29) is 5.97 Å². The lowest BCUT2D eigenvalue weighted by atomic mass is 10.2. The minimum atomic E-state index is -0.200. The first-order valence-electron chi connectivity index (χ1n) is 8.37. The average molecular weight is 370 g/mol. The van der Waals surface area contributed by atoms with Crippen LogP contribution in [0.15, 0.2) is 35.7 Å². The van der Waals surface area contributed by atoms with Crippen LogP contribution in [0, 0.1) is 13.8 Å². The predicted octanol–water partition coefficient (Wildman–Crippen LogP) is 4.47. The molecule has 2 heterocycles. The predicted molar refractivity (Wildman–Crippen MR) is 104 cm³/mol. The molecule has 6 heteroatoms. The standard InChI is InChI=1S/C20H22N2O3S/c1-13-11-17(14(2)22(13)10-9-19(23)25-4)18-12-26-20(21-18)15-5-7-16(24-3)8-6-15/h5-8,11-12H,9-10H2,1-4H3. The molecule has 0 N–H and O–H groups in total. The molecule has 0 amide bonds. The highest BCUT2D eigenvalue weighted by molar-refractivity contribution is 7.13. The highest BCUT2D eigenvalue weighted by atomic mass is 32.1. The smallest absolute Gasteiger partial charge is 0.307 e. The maximum absolute atomic E-state index is 11.4. The van der Waals surface area contributed by atoms with Gasteiger partial charge in [0.1, 0.15) is 10.8 Å². The van der Waals surface area contributed by atoms with Gasteiger partial charge in [0.15, 0.2) is 0 Å². The van der Waals surface area contributed by atoms with Crippen LogP contribution in [-0.2, 0) is 16.1 Å². The Balaban J connectivity index is 1.85. The van der Waals surface area contributed by atoms with E-state index in [9.17, 15) is 4.79 Å². The number of carbonyl (C=O) groups excluding carboxylic acids is 1. The fraction of sp³-hybridized carbons (Fsp3) is 0.300. The molecule has 3 rings (SSSR count). The summed E-state index contributed by atoms with van der Waals surface area (Å²) < 4.78 is 12.1. The average Bonchev–Trinajstić information content (AvgIpc) is 3.25. The molecule has 0 aliphatic heterocycles. The van der Waals surface area contributed by atoms with E-state index in [1.54, 1.807) is 18.4 Å². The molecule has 0 bridgehead atoms. The summed E-state index contributed by atoms with van der Waals surface area (Å²) in [5, 5.41) is 3.05. The Labute approximate surface area is 157 Å². The first-order chi connectivity index (χ1) is 12.5. The number of hydrogen-bond acceptors (Lipinski definition) is 5. The van der Waals surface area contributed by atoms with Gasteiger partial charge in [0.05, 0.1) is 26.3 Å². The van der Waals surface area contributed by atoms with Gasteiger partial charge in [-0.05, 0) is 44.2 Å². The lowest BCUT2D eigenvalue weighted by Gasteiger charge is -2.08. The summed E-state index contributed by atoms with van der Waals surface area (Å²) in [6.45, 7) is 4.72. The van der Waals surface area contributed by atoms with Crippen molar-refractivity contribution in [3.8, 4) is 27.6 Å². The highest BCUT2D eigenvalue weighted by Crippen LogP contribution is 2.32. The van der Waals surface area contributed by atoms with Crippen molar-refractivity contribution < 1.29 is 14.3 Å². The van der Waals surface area contributed by atoms with Crippen molar-refractivity contribution in [2.75, 3.05) is 14.2 Å². The summed E-state index contributed by atoms with van der Waals surface area (Å²) >= 11 is 1.62. The maximum atomic E-state index is 11.4. The lowest BCUT2D eigenvalue weighted by Crippen LogP contribution is -2.09. The number of benzene rings is 1. The molecule has 0 unspecified atom stereocenters. The Morgan fingerprint density at radius 2 is 1.92 bits per heavy atom. The second-order valence-electron chi connectivity index (χ2n) is 6.03. The van der Waals surface area contributed by atoms with Gasteiger partial charge in [-0.1, -0.05) is 0 Å². The molecule has 2 aromatic heterocycles. The molecule has 5 nitrogen and oxygen atoms in total. The summed E-state index contributed by atoms with van der Waals surface area (Å²) in [5.41, 5.74) is 5.35. The minimum Gasteiger partial charge on any atom is -0.497 e. The third-order valence-electron chi connectivity index (χ3n) is 4.46. The van der Waals surface area contributed by atoms with Gasteiger partial charge in [0.2, 0.25) is 0 Å². The fourth-order valence-electron chi connectivity index (χ4n) is 2.97. The summed E-state index contributed by atoms with van der Waals surface area (Å²) in [4.78, 5) is 16.2. The van der Waals surface area contributed by atoms with E-state index in [0.717, 1.165) is 39.0 Å². The zero-order chi connectivity index (χ0) is 18.7. The number of rotatable bonds is 6. The van der Waals surface area contributed by atoms with Crippen molar-refractivity contribution in [2.24, 2.45) is 0 Å². The Hall–Kier alpha value is -2.60. The van der Waals surface area contributed by atoms with E-state index in [4.69, 9.17) is 14.5 Å². The number of carbonyl (C=O) groups is 1. The van der Waals surface area contributed by atoms with E-state index in [1.165, 1.54) is 7.11 Å². The number of nitrogens with zero attached hydrogens (tertiary/aromatic N) is 2. The van der Waals surface area contributed by atoms with Crippen molar-refractivity contribution in [3.05, 3.63) is 47.1 Å². The zero-order valence-corrected chi connectivity index (χ0v) is 16.2. The van der Waals surface area contributed by atoms with Crippen molar-refractivity contribution in [3.63, 3.8) is 0 Å². The molecule has 0 fully saturated rings. The normalized spacial score (nSPS) is 10.8. The van der Waals surface area contributed by atoms with Gasteiger partial charge in [-0.3, -0.25) is 4.79 Å². The SMILES string of the molecule is COC(=O)CCn1c(C)cc(-c2csc(-c3ccc(OC)cc3)n2)c1C. The molecule has 0 aliphatic carbocycles. The fourth-order valence-corrected chi connectivity index (χ4v) is 3.80. The molecule has 0 spiro atoms. The van der Waals surface area contributed by atoms with Crippen LogP contribution in [0.2, 0.25) is 0 Å². The van der Waals surface area contributed by atoms with Gasteiger partial charge in [-0.15, -0.1) is 11.3 Å². The lowest BCUT2D eigenvalue weighted by molar-refractivity contribution is -0.140. The van der Waals surface area contributed by atoms with Crippen LogP contribution in [0.3, 0.4) is 0 Å². The minimum absolute atomic E-state index is 0.200. The number of ether oxygens (including phenoxy) is 2. The van der Waals surface area contributed by atoms with Crippen molar-refractivity contribution >= 4 is 17.3 Å². The third kappa shape index (κ3) is 3.65. The van der Waals surface area contributed by atoms with Crippen LogP contribution >= 0.6 is 11.3 Å². The van der Waals surface area contributed by atoms with Crippen molar-refractivity contribution in [1.29, 1.82) is 0 Å². The van der Waals surface area contributed by atoms with Crippen molar-refractivity contribution in [1.82, 2.24) is 9.55 Å². The Bertz CT molecular complexity index is 910. The molecule has 0 radical (unpaired) electrons.